The molecule has 0 heterocycles. The van der Waals surface area contributed by atoms with E-state index < -0.39 is 0 Å². The summed E-state index contributed by atoms with van der Waals surface area (Å²) in [5.74, 6) is 1.46. The Morgan fingerprint density at radius 2 is 1.65 bits per heavy atom. The maximum absolute atomic E-state index is 12.5. The van der Waals surface area contributed by atoms with Crippen molar-refractivity contribution in [2.75, 3.05) is 33.2 Å². The number of hydrogen-bond donors (Lipinski definition) is 2. The first kappa shape index (κ1) is 19.6. The van der Waals surface area contributed by atoms with Gasteiger partial charge in [-0.25, -0.2) is 0 Å². The molecule has 2 rings (SSSR count). The summed E-state index contributed by atoms with van der Waals surface area (Å²) in [6, 6.07) is 11.3. The van der Waals surface area contributed by atoms with Gasteiger partial charge in [-0.05, 0) is 35.9 Å². The minimum atomic E-state index is -0.108. The predicted molar refractivity (Wildman–Crippen MR) is 102 cm³/mol. The van der Waals surface area contributed by atoms with E-state index in [0.717, 1.165) is 23.4 Å². The fourth-order valence-corrected chi connectivity index (χ4v) is 2.67. The maximum atomic E-state index is 12.5. The number of methoxy groups -OCH3 is 3. The number of rotatable bonds is 9. The van der Waals surface area contributed by atoms with E-state index in [-0.39, 0.29) is 12.3 Å². The highest BCUT2D eigenvalue weighted by Crippen LogP contribution is 2.38. The third kappa shape index (κ3) is 4.89. The van der Waals surface area contributed by atoms with Gasteiger partial charge in [0.1, 0.15) is 0 Å². The van der Waals surface area contributed by atoms with Gasteiger partial charge in [-0.1, -0.05) is 25.1 Å². The van der Waals surface area contributed by atoms with Crippen molar-refractivity contribution in [2.45, 2.75) is 19.9 Å². The minimum absolute atomic E-state index is 0.108. The fourth-order valence-electron chi connectivity index (χ4n) is 2.67. The molecule has 0 saturated heterocycles. The third-order valence-corrected chi connectivity index (χ3v) is 3.95. The molecule has 0 aliphatic rings. The van der Waals surface area contributed by atoms with Gasteiger partial charge in [-0.2, -0.15) is 0 Å². The first-order valence-corrected chi connectivity index (χ1v) is 8.50. The van der Waals surface area contributed by atoms with E-state index in [2.05, 4.69) is 10.6 Å². The van der Waals surface area contributed by atoms with Crippen LogP contribution in [-0.4, -0.2) is 33.8 Å². The van der Waals surface area contributed by atoms with Crippen molar-refractivity contribution in [2.24, 2.45) is 0 Å². The fraction of sp³-hybridized carbons (Fsp3) is 0.350. The number of hydrogen-bond acceptors (Lipinski definition) is 5. The Labute approximate surface area is 154 Å². The predicted octanol–water partition coefficient (Wildman–Crippen LogP) is 3.00. The van der Waals surface area contributed by atoms with Crippen LogP contribution in [0.4, 0.5) is 5.69 Å². The lowest BCUT2D eigenvalue weighted by Crippen LogP contribution is -2.18. The summed E-state index contributed by atoms with van der Waals surface area (Å²) in [7, 11) is 4.66. The van der Waals surface area contributed by atoms with Gasteiger partial charge in [0.15, 0.2) is 11.5 Å². The Hall–Kier alpha value is -2.73. The Bertz CT molecular complexity index is 721. The maximum Gasteiger partial charge on any atom is 0.228 e. The Morgan fingerprint density at radius 1 is 1.00 bits per heavy atom. The largest absolute Gasteiger partial charge is 0.493 e. The number of benzene rings is 2. The van der Waals surface area contributed by atoms with Gasteiger partial charge in [0, 0.05) is 12.2 Å². The zero-order valence-corrected chi connectivity index (χ0v) is 15.7. The van der Waals surface area contributed by atoms with Crippen molar-refractivity contribution in [3.63, 3.8) is 0 Å². The number of anilines is 1. The number of ether oxygens (including phenoxy) is 3. The average Bonchev–Trinajstić information content (AvgIpc) is 2.66. The summed E-state index contributed by atoms with van der Waals surface area (Å²) in [5, 5.41) is 6.25. The summed E-state index contributed by atoms with van der Waals surface area (Å²) in [5.41, 5.74) is 2.64. The molecule has 0 bridgehead atoms. The van der Waals surface area contributed by atoms with E-state index in [0.29, 0.717) is 23.8 Å². The number of carbonyl (C=O) groups is 1. The number of para-hydroxylation sites is 1. The van der Waals surface area contributed by atoms with Crippen LogP contribution in [0.2, 0.25) is 0 Å². The molecule has 0 unspecified atom stereocenters. The van der Waals surface area contributed by atoms with Crippen LogP contribution < -0.4 is 24.8 Å². The standard InChI is InChI=1S/C20H26N2O4/c1-5-21-13-15-8-6-7-9-16(15)22-19(23)12-14-10-17(24-2)20(26-4)18(11-14)25-3/h6-11,21H,5,12-13H2,1-4H3,(H,22,23). The van der Waals surface area contributed by atoms with Gasteiger partial charge in [-0.3, -0.25) is 4.79 Å². The Kier molecular flexibility index (Phi) is 7.29. The van der Waals surface area contributed by atoms with Gasteiger partial charge in [0.05, 0.1) is 27.8 Å². The lowest BCUT2D eigenvalue weighted by Gasteiger charge is -2.15. The Morgan fingerprint density at radius 3 is 2.23 bits per heavy atom. The van der Waals surface area contributed by atoms with Crippen LogP contribution >= 0.6 is 0 Å². The second-order valence-corrected chi connectivity index (χ2v) is 5.70. The Balaban J connectivity index is 2.16. The highest BCUT2D eigenvalue weighted by Gasteiger charge is 2.15. The average molecular weight is 358 g/mol. The first-order chi connectivity index (χ1) is 12.6. The summed E-state index contributed by atoms with van der Waals surface area (Å²) in [6.45, 7) is 3.62. The lowest BCUT2D eigenvalue weighted by atomic mass is 10.1. The molecule has 0 radical (unpaired) electrons. The molecule has 0 fully saturated rings. The molecule has 6 nitrogen and oxygen atoms in total. The van der Waals surface area contributed by atoms with Gasteiger partial charge in [0.2, 0.25) is 11.7 Å². The normalized spacial score (nSPS) is 10.3. The van der Waals surface area contributed by atoms with Crippen LogP contribution in [0.1, 0.15) is 18.1 Å². The minimum Gasteiger partial charge on any atom is -0.493 e. The quantitative estimate of drug-likeness (QED) is 0.721. The molecular formula is C20H26N2O4. The van der Waals surface area contributed by atoms with Crippen LogP contribution in [0.3, 0.4) is 0 Å². The molecule has 0 atom stereocenters. The van der Waals surface area contributed by atoms with E-state index in [1.165, 1.54) is 0 Å². The van der Waals surface area contributed by atoms with Crippen LogP contribution in [0, 0.1) is 0 Å². The van der Waals surface area contributed by atoms with Crippen LogP contribution in [0.15, 0.2) is 36.4 Å². The molecule has 0 spiro atoms. The molecule has 140 valence electrons. The zero-order valence-electron chi connectivity index (χ0n) is 15.7. The van der Waals surface area contributed by atoms with Gasteiger partial charge in [-0.15, -0.1) is 0 Å². The highest BCUT2D eigenvalue weighted by molar-refractivity contribution is 5.93. The summed E-state index contributed by atoms with van der Waals surface area (Å²) in [4.78, 5) is 12.5. The highest BCUT2D eigenvalue weighted by atomic mass is 16.5. The molecule has 26 heavy (non-hydrogen) atoms. The molecule has 6 heteroatoms. The van der Waals surface area contributed by atoms with Crippen molar-refractivity contribution in [1.82, 2.24) is 5.32 Å². The van der Waals surface area contributed by atoms with E-state index >= 15 is 0 Å². The summed E-state index contributed by atoms with van der Waals surface area (Å²) >= 11 is 0. The van der Waals surface area contributed by atoms with E-state index in [1.807, 2.05) is 31.2 Å². The molecule has 0 saturated carbocycles. The second-order valence-electron chi connectivity index (χ2n) is 5.70. The zero-order chi connectivity index (χ0) is 18.9. The summed E-state index contributed by atoms with van der Waals surface area (Å²) in [6.07, 6.45) is 0.201. The molecule has 2 aromatic carbocycles. The van der Waals surface area contributed by atoms with E-state index in [1.54, 1.807) is 33.5 Å². The third-order valence-electron chi connectivity index (χ3n) is 3.95. The monoisotopic (exact) mass is 358 g/mol. The van der Waals surface area contributed by atoms with Gasteiger partial charge in [0.25, 0.3) is 0 Å². The molecule has 2 aromatic rings. The van der Waals surface area contributed by atoms with Crippen LogP contribution in [0.5, 0.6) is 17.2 Å². The van der Waals surface area contributed by atoms with Crippen molar-refractivity contribution in [3.05, 3.63) is 47.5 Å². The van der Waals surface area contributed by atoms with Gasteiger partial charge >= 0.3 is 0 Å². The molecular weight excluding hydrogens is 332 g/mol. The van der Waals surface area contributed by atoms with E-state index in [4.69, 9.17) is 14.2 Å². The smallest absolute Gasteiger partial charge is 0.228 e. The van der Waals surface area contributed by atoms with E-state index in [9.17, 15) is 4.79 Å². The molecule has 1 amide bonds. The van der Waals surface area contributed by atoms with Crippen molar-refractivity contribution in [3.8, 4) is 17.2 Å². The van der Waals surface area contributed by atoms with Crippen molar-refractivity contribution >= 4 is 11.6 Å². The van der Waals surface area contributed by atoms with Crippen molar-refractivity contribution in [1.29, 1.82) is 0 Å². The van der Waals surface area contributed by atoms with Gasteiger partial charge < -0.3 is 24.8 Å². The SMILES string of the molecule is CCNCc1ccccc1NC(=O)Cc1cc(OC)c(OC)c(OC)c1. The molecule has 2 N–H and O–H groups in total. The van der Waals surface area contributed by atoms with Crippen LogP contribution in [0.25, 0.3) is 0 Å². The lowest BCUT2D eigenvalue weighted by molar-refractivity contribution is -0.115. The molecule has 0 aromatic heterocycles. The van der Waals surface area contributed by atoms with Crippen LogP contribution in [-0.2, 0) is 17.8 Å². The number of amides is 1. The molecule has 0 aliphatic heterocycles. The first-order valence-electron chi connectivity index (χ1n) is 8.50. The van der Waals surface area contributed by atoms with Crippen molar-refractivity contribution < 1.29 is 19.0 Å². The number of nitrogens with one attached hydrogen (secondary N) is 2. The topological polar surface area (TPSA) is 68.8 Å². The summed E-state index contributed by atoms with van der Waals surface area (Å²) < 4.78 is 16.0. The second kappa shape index (κ2) is 9.68. The molecule has 0 aliphatic carbocycles. The number of carbonyl (C=O) groups excluding carboxylic acids is 1.